The van der Waals surface area contributed by atoms with Crippen LogP contribution in [0, 0.1) is 11.7 Å². The summed E-state index contributed by atoms with van der Waals surface area (Å²) in [5, 5.41) is 1.41. The number of hydrogen-bond acceptors (Lipinski definition) is 7. The summed E-state index contributed by atoms with van der Waals surface area (Å²) in [7, 11) is -4.71. The SMILES string of the molecule is COc1cc(F)c(B2OC(C)(C)C(C)(C)O2)cc1C(=O)N[C@@H]1CCC[C@@H]1C(=O)Nc1cccc(S(=O)(=O)C(C)(F)F)c1. The van der Waals surface area contributed by atoms with Crippen molar-refractivity contribution < 1.29 is 45.2 Å². The van der Waals surface area contributed by atoms with E-state index in [2.05, 4.69) is 10.6 Å². The molecule has 0 bridgehead atoms. The van der Waals surface area contributed by atoms with Crippen LogP contribution in [0.25, 0.3) is 0 Å². The molecule has 0 unspecified atom stereocenters. The van der Waals surface area contributed by atoms with E-state index in [9.17, 15) is 26.8 Å². The Kier molecular flexibility index (Phi) is 8.49. The topological polar surface area (TPSA) is 120 Å². The Morgan fingerprint density at radius 1 is 1.07 bits per heavy atom. The molecule has 14 heteroatoms. The Balaban J connectivity index is 1.52. The summed E-state index contributed by atoms with van der Waals surface area (Å²) in [6.45, 7) is 7.57. The molecule has 4 rings (SSSR count). The highest BCUT2D eigenvalue weighted by Crippen LogP contribution is 2.37. The zero-order valence-electron chi connectivity index (χ0n) is 24.2. The second kappa shape index (κ2) is 11.2. The smallest absolute Gasteiger partial charge is 0.496 e. The molecular weight excluding hydrogens is 576 g/mol. The number of halogens is 3. The van der Waals surface area contributed by atoms with E-state index in [0.717, 1.165) is 18.2 Å². The molecule has 2 atom stereocenters. The lowest BCUT2D eigenvalue weighted by molar-refractivity contribution is -0.120. The second-order valence-electron chi connectivity index (χ2n) is 11.6. The number of anilines is 1. The third-order valence-electron chi connectivity index (χ3n) is 8.12. The van der Waals surface area contributed by atoms with Crippen molar-refractivity contribution in [2.24, 2.45) is 5.92 Å². The summed E-state index contributed by atoms with van der Waals surface area (Å²) in [5.41, 5.74) is -1.41. The fourth-order valence-electron chi connectivity index (χ4n) is 4.94. The highest BCUT2D eigenvalue weighted by atomic mass is 32.2. The van der Waals surface area contributed by atoms with Gasteiger partial charge in [0.05, 0.1) is 34.7 Å². The number of sulfone groups is 1. The first-order valence-corrected chi connectivity index (χ1v) is 14.9. The van der Waals surface area contributed by atoms with Gasteiger partial charge in [0.1, 0.15) is 11.6 Å². The molecule has 2 aliphatic rings. The van der Waals surface area contributed by atoms with Crippen LogP contribution in [0.15, 0.2) is 41.3 Å². The van der Waals surface area contributed by atoms with Gasteiger partial charge in [-0.1, -0.05) is 12.5 Å². The number of carbonyl (C=O) groups excluding carboxylic acids is 2. The van der Waals surface area contributed by atoms with Gasteiger partial charge >= 0.3 is 12.4 Å². The number of benzene rings is 2. The van der Waals surface area contributed by atoms with Gasteiger partial charge in [-0.15, -0.1) is 0 Å². The molecule has 1 saturated carbocycles. The minimum Gasteiger partial charge on any atom is -0.496 e. The average Bonchev–Trinajstić information content (AvgIpc) is 3.43. The molecule has 0 spiro atoms. The fourth-order valence-corrected chi connectivity index (χ4v) is 5.90. The lowest BCUT2D eigenvalue weighted by Gasteiger charge is -2.32. The van der Waals surface area contributed by atoms with Crippen molar-refractivity contribution in [2.75, 3.05) is 12.4 Å². The molecule has 42 heavy (non-hydrogen) atoms. The van der Waals surface area contributed by atoms with E-state index in [1.165, 1.54) is 25.3 Å². The van der Waals surface area contributed by atoms with Gasteiger partial charge in [-0.2, -0.15) is 8.78 Å². The van der Waals surface area contributed by atoms with E-state index in [4.69, 9.17) is 14.0 Å². The minimum absolute atomic E-state index is 0.0185. The lowest BCUT2D eigenvalue weighted by atomic mass is 9.77. The van der Waals surface area contributed by atoms with Crippen LogP contribution < -0.4 is 20.8 Å². The lowest BCUT2D eigenvalue weighted by Crippen LogP contribution is -2.43. The van der Waals surface area contributed by atoms with Crippen LogP contribution in [-0.2, 0) is 23.9 Å². The molecule has 1 saturated heterocycles. The number of carbonyl (C=O) groups is 2. The van der Waals surface area contributed by atoms with Gasteiger partial charge in [-0.05, 0) is 64.8 Å². The first kappa shape index (κ1) is 31.8. The van der Waals surface area contributed by atoms with E-state index in [1.807, 2.05) is 27.7 Å². The van der Waals surface area contributed by atoms with Gasteiger partial charge in [0, 0.05) is 30.2 Å². The molecule has 2 aromatic carbocycles. The Morgan fingerprint density at radius 2 is 1.71 bits per heavy atom. The molecule has 0 aromatic heterocycles. The van der Waals surface area contributed by atoms with Crippen LogP contribution >= 0.6 is 0 Å². The number of alkyl halides is 2. The number of nitrogens with one attached hydrogen (secondary N) is 2. The number of rotatable bonds is 8. The molecule has 1 aliphatic heterocycles. The van der Waals surface area contributed by atoms with E-state index in [0.29, 0.717) is 19.3 Å². The van der Waals surface area contributed by atoms with Crippen molar-refractivity contribution in [3.8, 4) is 5.75 Å². The van der Waals surface area contributed by atoms with Gasteiger partial charge in [-0.25, -0.2) is 12.8 Å². The first-order valence-electron chi connectivity index (χ1n) is 13.5. The number of methoxy groups -OCH3 is 1. The molecule has 2 aromatic rings. The molecular formula is C28H34BF3N2O7S. The summed E-state index contributed by atoms with van der Waals surface area (Å²) in [6, 6.07) is 6.40. The van der Waals surface area contributed by atoms with Crippen molar-refractivity contribution in [1.82, 2.24) is 5.32 Å². The molecule has 2 N–H and O–H groups in total. The van der Waals surface area contributed by atoms with Crippen molar-refractivity contribution in [3.05, 3.63) is 47.8 Å². The monoisotopic (exact) mass is 610 g/mol. The second-order valence-corrected chi connectivity index (χ2v) is 13.8. The van der Waals surface area contributed by atoms with E-state index in [1.54, 1.807) is 0 Å². The molecule has 1 heterocycles. The maximum atomic E-state index is 15.1. The largest absolute Gasteiger partial charge is 0.497 e. The highest BCUT2D eigenvalue weighted by molar-refractivity contribution is 7.92. The number of amides is 2. The van der Waals surface area contributed by atoms with Crippen LogP contribution in [0.1, 0.15) is 64.2 Å². The van der Waals surface area contributed by atoms with Gasteiger partial charge in [0.15, 0.2) is 0 Å². The summed E-state index contributed by atoms with van der Waals surface area (Å²) in [6.07, 6.45) is 1.49. The minimum atomic E-state index is -4.94. The standard InChI is InChI=1S/C28H34BF3N2O7S/c1-26(2)27(3,4)41-29(40-26)20-14-19(23(39-6)15-21(20)30)25(36)34-22-12-8-11-18(22)24(35)33-16-9-7-10-17(13-16)42(37,38)28(5,31)32/h7,9-10,13-15,18,22H,8,11-12H2,1-6H3,(H,33,35)(H,34,36)/t18-,22+/m0/s1. The van der Waals surface area contributed by atoms with E-state index in [-0.39, 0.29) is 29.4 Å². The summed E-state index contributed by atoms with van der Waals surface area (Å²) >= 11 is 0. The predicted octanol–water partition coefficient (Wildman–Crippen LogP) is 4.06. The fraction of sp³-hybridized carbons (Fsp3) is 0.500. The Hall–Kier alpha value is -3.10. The average molecular weight is 610 g/mol. The van der Waals surface area contributed by atoms with Crippen LogP contribution in [0.4, 0.5) is 18.9 Å². The number of hydrogen-bond donors (Lipinski definition) is 2. The van der Waals surface area contributed by atoms with Crippen LogP contribution in [0.5, 0.6) is 5.75 Å². The van der Waals surface area contributed by atoms with Crippen LogP contribution in [0.3, 0.4) is 0 Å². The van der Waals surface area contributed by atoms with Crippen molar-refractivity contribution in [1.29, 1.82) is 0 Å². The van der Waals surface area contributed by atoms with Gasteiger partial charge in [0.2, 0.25) is 15.7 Å². The molecule has 1 aliphatic carbocycles. The Morgan fingerprint density at radius 3 is 2.31 bits per heavy atom. The summed E-state index contributed by atoms with van der Waals surface area (Å²) in [4.78, 5) is 25.9. The van der Waals surface area contributed by atoms with Crippen molar-refractivity contribution >= 4 is 39.9 Å². The molecule has 9 nitrogen and oxygen atoms in total. The summed E-state index contributed by atoms with van der Waals surface area (Å²) < 4.78 is 83.8. The van der Waals surface area contributed by atoms with E-state index >= 15 is 4.39 Å². The first-order chi connectivity index (χ1) is 19.4. The van der Waals surface area contributed by atoms with Crippen LogP contribution in [-0.4, -0.2) is 57.0 Å². The maximum absolute atomic E-state index is 15.1. The predicted molar refractivity (Wildman–Crippen MR) is 150 cm³/mol. The molecule has 2 amide bonds. The Labute approximate surface area is 243 Å². The Bertz CT molecular complexity index is 1480. The zero-order valence-corrected chi connectivity index (χ0v) is 25.0. The zero-order chi connectivity index (χ0) is 31.3. The third-order valence-corrected chi connectivity index (χ3v) is 9.94. The van der Waals surface area contributed by atoms with Crippen molar-refractivity contribution in [2.45, 2.75) is 81.3 Å². The molecule has 0 radical (unpaired) electrons. The quantitative estimate of drug-likeness (QED) is 0.433. The molecule has 2 fully saturated rings. The normalized spacial score (nSPS) is 21.7. The summed E-state index contributed by atoms with van der Waals surface area (Å²) in [5.74, 6) is -2.51. The van der Waals surface area contributed by atoms with Gasteiger partial charge in [-0.3, -0.25) is 9.59 Å². The van der Waals surface area contributed by atoms with Crippen LogP contribution in [0.2, 0.25) is 0 Å². The highest BCUT2D eigenvalue weighted by Gasteiger charge is 2.52. The van der Waals surface area contributed by atoms with Crippen molar-refractivity contribution in [3.63, 3.8) is 0 Å². The van der Waals surface area contributed by atoms with Gasteiger partial charge < -0.3 is 24.7 Å². The number of ether oxygens (including phenoxy) is 1. The van der Waals surface area contributed by atoms with Gasteiger partial charge in [0.25, 0.3) is 5.91 Å². The van der Waals surface area contributed by atoms with E-state index < -0.39 is 67.9 Å². The molecule has 228 valence electrons. The third kappa shape index (κ3) is 6.02. The maximum Gasteiger partial charge on any atom is 0.497 e.